The Bertz CT molecular complexity index is 1370. The molecule has 0 aliphatic carbocycles. The minimum atomic E-state index is -0.401. The number of aromatic nitrogens is 5. The van der Waals surface area contributed by atoms with Crippen LogP contribution < -0.4 is 10.6 Å². The van der Waals surface area contributed by atoms with Crippen molar-refractivity contribution in [2.45, 2.75) is 0 Å². The molecule has 0 saturated heterocycles. The van der Waals surface area contributed by atoms with Crippen LogP contribution in [0, 0.1) is 0 Å². The predicted molar refractivity (Wildman–Crippen MR) is 118 cm³/mol. The maximum atomic E-state index is 12.9. The van der Waals surface area contributed by atoms with Gasteiger partial charge in [0.25, 0.3) is 11.8 Å². The van der Waals surface area contributed by atoms with E-state index in [1.807, 2.05) is 22.9 Å². The second kappa shape index (κ2) is 7.84. The molecule has 10 heteroatoms. The average molecular weight is 429 g/mol. The van der Waals surface area contributed by atoms with Gasteiger partial charge in [-0.1, -0.05) is 12.1 Å². The molecule has 0 unspecified atom stereocenters. The summed E-state index contributed by atoms with van der Waals surface area (Å²) in [6.45, 7) is 0. The van der Waals surface area contributed by atoms with Crippen molar-refractivity contribution in [1.29, 1.82) is 0 Å². The minimum absolute atomic E-state index is 0.222. The van der Waals surface area contributed by atoms with Crippen molar-refractivity contribution in [3.05, 3.63) is 77.0 Å². The normalized spacial score (nSPS) is 10.8. The maximum Gasteiger partial charge on any atom is 0.277 e. The summed E-state index contributed by atoms with van der Waals surface area (Å²) in [7, 11) is 0. The number of H-pyrrole nitrogens is 2. The topological polar surface area (TPSA) is 128 Å². The lowest BCUT2D eigenvalue weighted by molar-refractivity contribution is 0.101. The second-order valence-electron chi connectivity index (χ2n) is 6.54. The van der Waals surface area contributed by atoms with Crippen molar-refractivity contribution in [2.24, 2.45) is 0 Å². The number of aromatic amines is 2. The lowest BCUT2D eigenvalue weighted by atomic mass is 10.1. The van der Waals surface area contributed by atoms with Crippen LogP contribution in [0.15, 0.2) is 65.7 Å². The molecule has 0 fully saturated rings. The van der Waals surface area contributed by atoms with E-state index in [0.29, 0.717) is 22.5 Å². The molecule has 2 amide bonds. The van der Waals surface area contributed by atoms with E-state index < -0.39 is 5.91 Å². The van der Waals surface area contributed by atoms with Crippen LogP contribution >= 0.6 is 11.3 Å². The van der Waals surface area contributed by atoms with Crippen LogP contribution in [0.2, 0.25) is 0 Å². The van der Waals surface area contributed by atoms with Crippen molar-refractivity contribution in [3.8, 4) is 11.1 Å². The van der Waals surface area contributed by atoms with Crippen LogP contribution in [-0.2, 0) is 0 Å². The van der Waals surface area contributed by atoms with Crippen molar-refractivity contribution in [1.82, 2.24) is 24.9 Å². The summed E-state index contributed by atoms with van der Waals surface area (Å²) in [5.41, 5.74) is 3.34. The number of carbonyl (C=O) groups is 2. The number of para-hydroxylation sites is 1. The minimum Gasteiger partial charge on any atom is -0.331 e. The van der Waals surface area contributed by atoms with Gasteiger partial charge < -0.3 is 9.97 Å². The molecule has 1 aromatic carbocycles. The molecule has 0 radical (unpaired) electrons. The Hall–Kier alpha value is -4.31. The first-order chi connectivity index (χ1) is 15.2. The summed E-state index contributed by atoms with van der Waals surface area (Å²) < 4.78 is 0. The highest BCUT2D eigenvalue weighted by Gasteiger charge is 2.18. The molecule has 0 saturated carbocycles. The molecule has 4 aromatic heterocycles. The smallest absolute Gasteiger partial charge is 0.277 e. The first-order valence-electron chi connectivity index (χ1n) is 9.27. The Morgan fingerprint density at radius 2 is 1.84 bits per heavy atom. The van der Waals surface area contributed by atoms with Gasteiger partial charge in [0.05, 0.1) is 11.1 Å². The van der Waals surface area contributed by atoms with Gasteiger partial charge in [0.1, 0.15) is 11.2 Å². The Morgan fingerprint density at radius 3 is 2.65 bits per heavy atom. The number of hydrogen-bond donors (Lipinski definition) is 4. The summed E-state index contributed by atoms with van der Waals surface area (Å²) >= 11 is 1.54. The van der Waals surface area contributed by atoms with Gasteiger partial charge in [0, 0.05) is 24.2 Å². The van der Waals surface area contributed by atoms with Gasteiger partial charge in [-0.25, -0.2) is 9.97 Å². The number of nitrogens with zero attached hydrogens (tertiary/aromatic N) is 3. The third-order valence-electron chi connectivity index (χ3n) is 4.57. The molecule has 5 aromatic rings. The number of benzene rings is 1. The summed E-state index contributed by atoms with van der Waals surface area (Å²) in [4.78, 5) is 44.1. The molecule has 152 valence electrons. The fourth-order valence-electron chi connectivity index (χ4n) is 3.19. The van der Waals surface area contributed by atoms with E-state index in [9.17, 15) is 9.59 Å². The Morgan fingerprint density at radius 1 is 0.935 bits per heavy atom. The summed E-state index contributed by atoms with van der Waals surface area (Å²) in [5, 5.41) is 9.32. The number of carbonyl (C=O) groups excluding carboxylic acids is 2. The van der Waals surface area contributed by atoms with E-state index in [2.05, 4.69) is 35.6 Å². The zero-order valence-electron chi connectivity index (χ0n) is 15.9. The standard InChI is InChI=1S/C21H15N7O2S/c29-18(27-20-23-8-9-24-20)14-3-1-5-15-16(14)26-21(25-15)28-19(30)17-13(4-2-7-22-17)12-6-10-31-11-12/h1-11H,(H2,23,24,27,29)(H2,25,26,28,30). The quantitative estimate of drug-likeness (QED) is 0.337. The number of amides is 2. The molecule has 31 heavy (non-hydrogen) atoms. The fraction of sp³-hybridized carbons (Fsp3) is 0. The van der Waals surface area contributed by atoms with E-state index in [4.69, 9.17) is 0 Å². The van der Waals surface area contributed by atoms with Crippen molar-refractivity contribution < 1.29 is 9.59 Å². The maximum absolute atomic E-state index is 12.9. The van der Waals surface area contributed by atoms with Crippen LogP contribution in [0.25, 0.3) is 22.2 Å². The SMILES string of the molecule is O=C(Nc1nc2c(C(=O)Nc3ncc[nH]3)cccc2[nH]1)c1ncccc1-c1ccsc1. The fourth-order valence-corrected chi connectivity index (χ4v) is 3.84. The second-order valence-corrected chi connectivity index (χ2v) is 7.32. The van der Waals surface area contributed by atoms with Gasteiger partial charge >= 0.3 is 0 Å². The number of nitrogens with one attached hydrogen (secondary N) is 4. The molecule has 0 spiro atoms. The number of anilines is 2. The molecule has 0 aliphatic heterocycles. The number of thiophene rings is 1. The number of rotatable bonds is 5. The van der Waals surface area contributed by atoms with Crippen LogP contribution in [0.3, 0.4) is 0 Å². The molecule has 4 heterocycles. The van der Waals surface area contributed by atoms with Gasteiger partial charge in [-0.15, -0.1) is 0 Å². The van der Waals surface area contributed by atoms with Crippen LogP contribution in [0.1, 0.15) is 20.8 Å². The van der Waals surface area contributed by atoms with Gasteiger partial charge in [0.15, 0.2) is 0 Å². The predicted octanol–water partition coefficient (Wildman–Crippen LogP) is 3.91. The molecular weight excluding hydrogens is 414 g/mol. The number of imidazole rings is 2. The number of hydrogen-bond acceptors (Lipinski definition) is 6. The lowest BCUT2D eigenvalue weighted by Crippen LogP contribution is -2.16. The molecular formula is C21H15N7O2S. The molecule has 0 atom stereocenters. The van der Waals surface area contributed by atoms with Gasteiger partial charge in [-0.3, -0.25) is 25.2 Å². The van der Waals surface area contributed by atoms with E-state index in [-0.39, 0.29) is 17.5 Å². The Labute approximate surface area is 179 Å². The first kappa shape index (κ1) is 18.7. The van der Waals surface area contributed by atoms with Crippen LogP contribution in [0.4, 0.5) is 11.9 Å². The highest BCUT2D eigenvalue weighted by molar-refractivity contribution is 7.08. The largest absolute Gasteiger partial charge is 0.331 e. The highest BCUT2D eigenvalue weighted by atomic mass is 32.1. The van der Waals surface area contributed by atoms with Crippen molar-refractivity contribution in [3.63, 3.8) is 0 Å². The molecule has 9 nitrogen and oxygen atoms in total. The molecule has 5 rings (SSSR count). The van der Waals surface area contributed by atoms with Crippen LogP contribution in [-0.4, -0.2) is 36.7 Å². The first-order valence-corrected chi connectivity index (χ1v) is 10.2. The summed E-state index contributed by atoms with van der Waals surface area (Å²) in [5.74, 6) is -0.209. The van der Waals surface area contributed by atoms with Gasteiger partial charge in [-0.05, 0) is 40.6 Å². The van der Waals surface area contributed by atoms with Gasteiger partial charge in [-0.2, -0.15) is 11.3 Å². The third-order valence-corrected chi connectivity index (χ3v) is 5.26. The zero-order chi connectivity index (χ0) is 21.2. The third kappa shape index (κ3) is 3.67. The zero-order valence-corrected chi connectivity index (χ0v) is 16.7. The van der Waals surface area contributed by atoms with Crippen molar-refractivity contribution >= 4 is 46.1 Å². The van der Waals surface area contributed by atoms with Gasteiger partial charge in [0.2, 0.25) is 11.9 Å². The van der Waals surface area contributed by atoms with E-state index in [0.717, 1.165) is 11.1 Å². The molecule has 4 N–H and O–H groups in total. The van der Waals surface area contributed by atoms with E-state index in [1.165, 1.54) is 0 Å². The number of pyridine rings is 1. The van der Waals surface area contributed by atoms with E-state index >= 15 is 0 Å². The molecule has 0 bridgehead atoms. The summed E-state index contributed by atoms with van der Waals surface area (Å²) in [6, 6.07) is 10.7. The average Bonchev–Trinajstić information content (AvgIpc) is 3.54. The number of fused-ring (bicyclic) bond motifs is 1. The van der Waals surface area contributed by atoms with E-state index in [1.54, 1.807) is 54.2 Å². The Kier molecular flexibility index (Phi) is 4.73. The molecule has 0 aliphatic rings. The lowest BCUT2D eigenvalue weighted by Gasteiger charge is -2.06. The highest BCUT2D eigenvalue weighted by Crippen LogP contribution is 2.25. The van der Waals surface area contributed by atoms with Crippen LogP contribution in [0.5, 0.6) is 0 Å². The summed E-state index contributed by atoms with van der Waals surface area (Å²) in [6.07, 6.45) is 4.72. The van der Waals surface area contributed by atoms with Crippen molar-refractivity contribution in [2.75, 3.05) is 10.6 Å². The monoisotopic (exact) mass is 429 g/mol. The Balaban J connectivity index is 1.43.